The number of aromatic amines is 1. The van der Waals surface area contributed by atoms with E-state index in [0.717, 1.165) is 79.3 Å². The third-order valence-corrected chi connectivity index (χ3v) is 7.59. The lowest BCUT2D eigenvalue weighted by molar-refractivity contribution is -0.0383. The van der Waals surface area contributed by atoms with Crippen molar-refractivity contribution >= 4 is 17.1 Å². The smallest absolute Gasteiger partial charge is 0.410 e. The summed E-state index contributed by atoms with van der Waals surface area (Å²) in [5, 5.41) is 4.56. The molecule has 0 spiro atoms. The van der Waals surface area contributed by atoms with E-state index in [4.69, 9.17) is 14.5 Å². The van der Waals surface area contributed by atoms with Crippen LogP contribution >= 0.6 is 0 Å². The molecule has 1 unspecified atom stereocenters. The van der Waals surface area contributed by atoms with Crippen LogP contribution in [0.25, 0.3) is 22.3 Å². The average molecular weight is 558 g/mol. The highest BCUT2D eigenvalue weighted by Gasteiger charge is 2.26. The van der Waals surface area contributed by atoms with Crippen LogP contribution in [-0.4, -0.2) is 79.0 Å². The average Bonchev–Trinajstić information content (AvgIpc) is 3.60. The Bertz CT molecular complexity index is 1490. The van der Waals surface area contributed by atoms with Crippen LogP contribution in [0.4, 0.5) is 4.79 Å². The number of carbonyl (C=O) groups is 1. The van der Waals surface area contributed by atoms with Gasteiger partial charge in [0, 0.05) is 69.4 Å². The van der Waals surface area contributed by atoms with E-state index in [1.165, 1.54) is 5.56 Å². The number of hydrogen-bond donors (Lipinski definition) is 1. The Hall–Kier alpha value is -3.76. The van der Waals surface area contributed by atoms with Crippen molar-refractivity contribution in [3.63, 3.8) is 0 Å². The number of ether oxygens (including phenoxy) is 2. The second-order valence-electron chi connectivity index (χ2n) is 12.0. The molecular formula is C31H39N7O3. The lowest BCUT2D eigenvalue weighted by Crippen LogP contribution is -2.49. The molecule has 3 aromatic heterocycles. The van der Waals surface area contributed by atoms with Gasteiger partial charge >= 0.3 is 6.09 Å². The Morgan fingerprint density at radius 2 is 1.93 bits per heavy atom. The molecule has 0 aliphatic carbocycles. The molecule has 10 nitrogen and oxygen atoms in total. The van der Waals surface area contributed by atoms with Gasteiger partial charge in [-0.25, -0.2) is 14.5 Å². The summed E-state index contributed by atoms with van der Waals surface area (Å²) in [6.07, 6.45) is 7.36. The molecule has 1 atom stereocenters. The number of H-pyrrole nitrogens is 1. The van der Waals surface area contributed by atoms with Crippen molar-refractivity contribution in [1.82, 2.24) is 34.5 Å². The van der Waals surface area contributed by atoms with Crippen molar-refractivity contribution in [2.75, 3.05) is 32.8 Å². The van der Waals surface area contributed by atoms with Gasteiger partial charge in [0.15, 0.2) is 6.23 Å². The molecule has 2 fully saturated rings. The summed E-state index contributed by atoms with van der Waals surface area (Å²) in [5.74, 6) is 0.886. The molecule has 1 N–H and O–H groups in total. The maximum atomic E-state index is 12.4. The molecule has 2 saturated heterocycles. The van der Waals surface area contributed by atoms with Gasteiger partial charge < -0.3 is 19.4 Å². The first kappa shape index (κ1) is 27.4. The van der Waals surface area contributed by atoms with Crippen LogP contribution in [0.2, 0.25) is 0 Å². The van der Waals surface area contributed by atoms with E-state index in [1.54, 1.807) is 4.90 Å². The summed E-state index contributed by atoms with van der Waals surface area (Å²) in [4.78, 5) is 29.5. The number of nitrogens with zero attached hydrogens (tertiary/aromatic N) is 6. The molecule has 41 heavy (non-hydrogen) atoms. The lowest BCUT2D eigenvalue weighted by atomic mass is 10.1. The SMILES string of the molecule is CC(C)(C)OC(=O)N1CCN(Cc2ccnc(Cc3nc4ccc(-c5ccnn5C5CCCCO5)cc4[nH]3)c2)CC1. The van der Waals surface area contributed by atoms with E-state index in [-0.39, 0.29) is 12.3 Å². The van der Waals surface area contributed by atoms with Crippen molar-refractivity contribution in [2.24, 2.45) is 0 Å². The summed E-state index contributed by atoms with van der Waals surface area (Å²) < 4.78 is 13.5. The zero-order chi connectivity index (χ0) is 28.4. The molecule has 2 aliphatic rings. The number of pyridine rings is 1. The number of fused-ring (bicyclic) bond motifs is 1. The number of imidazole rings is 1. The van der Waals surface area contributed by atoms with Crippen LogP contribution < -0.4 is 0 Å². The Balaban J connectivity index is 1.09. The molecule has 4 aromatic rings. The van der Waals surface area contributed by atoms with Crippen molar-refractivity contribution in [2.45, 2.75) is 64.8 Å². The van der Waals surface area contributed by atoms with Crippen LogP contribution in [0.1, 0.15) is 63.3 Å². The molecule has 0 saturated carbocycles. The normalized spacial score (nSPS) is 18.6. The first-order valence-corrected chi connectivity index (χ1v) is 14.6. The molecule has 5 heterocycles. The van der Waals surface area contributed by atoms with E-state index in [9.17, 15) is 4.79 Å². The molecule has 10 heteroatoms. The van der Waals surface area contributed by atoms with Gasteiger partial charge in [0.1, 0.15) is 11.4 Å². The number of amides is 1. The van der Waals surface area contributed by atoms with Crippen molar-refractivity contribution in [3.05, 3.63) is 65.9 Å². The summed E-state index contributed by atoms with van der Waals surface area (Å²) in [6.45, 7) is 10.3. The first-order chi connectivity index (χ1) is 19.8. The number of rotatable bonds is 6. The van der Waals surface area contributed by atoms with E-state index in [1.807, 2.05) is 43.9 Å². The highest BCUT2D eigenvalue weighted by Crippen LogP contribution is 2.30. The van der Waals surface area contributed by atoms with Gasteiger partial charge in [0.25, 0.3) is 0 Å². The third-order valence-electron chi connectivity index (χ3n) is 7.59. The number of aromatic nitrogens is 5. The first-order valence-electron chi connectivity index (χ1n) is 14.6. The minimum atomic E-state index is -0.475. The number of benzene rings is 1. The largest absolute Gasteiger partial charge is 0.444 e. The molecule has 2 aliphatic heterocycles. The van der Waals surface area contributed by atoms with E-state index < -0.39 is 5.60 Å². The van der Waals surface area contributed by atoms with Crippen molar-refractivity contribution in [1.29, 1.82) is 0 Å². The zero-order valence-electron chi connectivity index (χ0n) is 24.2. The van der Waals surface area contributed by atoms with Crippen LogP contribution in [0, 0.1) is 0 Å². The van der Waals surface area contributed by atoms with Gasteiger partial charge in [0.2, 0.25) is 0 Å². The Morgan fingerprint density at radius 3 is 2.71 bits per heavy atom. The monoisotopic (exact) mass is 557 g/mol. The van der Waals surface area contributed by atoms with Gasteiger partial charge in [-0.15, -0.1) is 0 Å². The fraction of sp³-hybridized carbons (Fsp3) is 0.484. The predicted octanol–water partition coefficient (Wildman–Crippen LogP) is 5.16. The van der Waals surface area contributed by atoms with E-state index in [0.29, 0.717) is 19.5 Å². The Kier molecular flexibility index (Phi) is 7.77. The third kappa shape index (κ3) is 6.60. The van der Waals surface area contributed by atoms with E-state index in [2.05, 4.69) is 50.3 Å². The topological polar surface area (TPSA) is 101 Å². The highest BCUT2D eigenvalue weighted by atomic mass is 16.6. The van der Waals surface area contributed by atoms with Gasteiger partial charge in [-0.05, 0) is 75.9 Å². The number of piperazine rings is 1. The van der Waals surface area contributed by atoms with Gasteiger partial charge in [-0.2, -0.15) is 5.10 Å². The van der Waals surface area contributed by atoms with Gasteiger partial charge in [-0.3, -0.25) is 9.88 Å². The highest BCUT2D eigenvalue weighted by molar-refractivity contribution is 5.81. The quantitative estimate of drug-likeness (QED) is 0.349. The second-order valence-corrected chi connectivity index (χ2v) is 12.0. The molecule has 1 amide bonds. The molecule has 6 rings (SSSR count). The molecule has 0 radical (unpaired) electrons. The Morgan fingerprint density at radius 1 is 1.07 bits per heavy atom. The summed E-state index contributed by atoms with van der Waals surface area (Å²) in [6, 6.07) is 12.6. The number of hydrogen-bond acceptors (Lipinski definition) is 7. The Labute approximate surface area is 240 Å². The minimum Gasteiger partial charge on any atom is -0.444 e. The van der Waals surface area contributed by atoms with E-state index >= 15 is 0 Å². The summed E-state index contributed by atoms with van der Waals surface area (Å²) >= 11 is 0. The maximum Gasteiger partial charge on any atom is 0.410 e. The van der Waals surface area contributed by atoms with Crippen LogP contribution in [0.3, 0.4) is 0 Å². The maximum absolute atomic E-state index is 12.4. The molecular weight excluding hydrogens is 518 g/mol. The van der Waals surface area contributed by atoms with Gasteiger partial charge in [0.05, 0.1) is 16.7 Å². The summed E-state index contributed by atoms with van der Waals surface area (Å²) in [7, 11) is 0. The second kappa shape index (κ2) is 11.6. The standard InChI is InChI=1S/C31H39N7O3/c1-31(2,3)41-30(39)37-15-13-36(14-16-37)21-22-9-11-32-24(18-22)20-28-34-25-8-7-23(19-26(25)35-28)27-10-12-33-38(27)29-6-4-5-17-40-29/h7-12,18-19,29H,4-6,13-17,20-21H2,1-3H3,(H,34,35). The fourth-order valence-corrected chi connectivity index (χ4v) is 5.56. The number of nitrogens with one attached hydrogen (secondary N) is 1. The fourth-order valence-electron chi connectivity index (χ4n) is 5.56. The van der Waals surface area contributed by atoms with Crippen LogP contribution in [-0.2, 0) is 22.4 Å². The molecule has 1 aromatic carbocycles. The van der Waals surface area contributed by atoms with Crippen molar-refractivity contribution in [3.8, 4) is 11.3 Å². The molecule has 0 bridgehead atoms. The van der Waals surface area contributed by atoms with Crippen LogP contribution in [0.15, 0.2) is 48.8 Å². The predicted molar refractivity (Wildman–Crippen MR) is 156 cm³/mol. The van der Waals surface area contributed by atoms with Crippen LogP contribution in [0.5, 0.6) is 0 Å². The molecule has 216 valence electrons. The minimum absolute atomic E-state index is 0.00558. The summed E-state index contributed by atoms with van der Waals surface area (Å²) in [5.41, 5.74) is 5.77. The number of carbonyl (C=O) groups excluding carboxylic acids is 1. The van der Waals surface area contributed by atoms with Crippen molar-refractivity contribution < 1.29 is 14.3 Å². The zero-order valence-corrected chi connectivity index (χ0v) is 24.2. The van der Waals surface area contributed by atoms with Gasteiger partial charge in [-0.1, -0.05) is 6.07 Å². The lowest BCUT2D eigenvalue weighted by Gasteiger charge is -2.35.